The van der Waals surface area contributed by atoms with E-state index in [4.69, 9.17) is 16.3 Å². The molecule has 1 aromatic carbocycles. The van der Waals surface area contributed by atoms with Crippen molar-refractivity contribution in [2.24, 2.45) is 0 Å². The maximum atomic E-state index is 5.90. The minimum absolute atomic E-state index is 0.326. The summed E-state index contributed by atoms with van der Waals surface area (Å²) >= 11 is 5.90. The van der Waals surface area contributed by atoms with Gasteiger partial charge in [0.05, 0.1) is 12.7 Å². The summed E-state index contributed by atoms with van der Waals surface area (Å²) in [5.41, 5.74) is 1.23. The van der Waals surface area contributed by atoms with Gasteiger partial charge in [-0.05, 0) is 44.3 Å². The van der Waals surface area contributed by atoms with Crippen molar-refractivity contribution in [2.75, 3.05) is 38.2 Å². The lowest BCUT2D eigenvalue weighted by atomic mass is 10.2. The molecule has 1 aromatic rings. The first-order valence-corrected chi connectivity index (χ1v) is 6.44. The molecule has 1 atom stereocenters. The summed E-state index contributed by atoms with van der Waals surface area (Å²) in [5, 5.41) is 3.95. The highest BCUT2D eigenvalue weighted by Gasteiger charge is 2.19. The van der Waals surface area contributed by atoms with E-state index >= 15 is 0 Å². The average Bonchev–Trinajstić information content (AvgIpc) is 2.37. The molecule has 1 aliphatic rings. The van der Waals surface area contributed by atoms with Crippen molar-refractivity contribution in [3.05, 3.63) is 29.3 Å². The van der Waals surface area contributed by atoms with Crippen LogP contribution in [0.15, 0.2) is 24.3 Å². The predicted molar refractivity (Wildman–Crippen MR) is 71.9 cm³/mol. The van der Waals surface area contributed by atoms with Crippen molar-refractivity contribution in [2.45, 2.75) is 12.5 Å². The first-order chi connectivity index (χ1) is 8.29. The summed E-state index contributed by atoms with van der Waals surface area (Å²) in [6.45, 7) is 3.72. The largest absolute Gasteiger partial charge is 0.374 e. The molecule has 0 aliphatic carbocycles. The second-order valence-electron chi connectivity index (χ2n) is 4.31. The average molecular weight is 255 g/mol. The molecule has 0 saturated carbocycles. The van der Waals surface area contributed by atoms with E-state index in [0.29, 0.717) is 6.10 Å². The molecule has 1 unspecified atom stereocenters. The van der Waals surface area contributed by atoms with Crippen LogP contribution in [-0.2, 0) is 4.74 Å². The Labute approximate surface area is 108 Å². The molecule has 0 radical (unpaired) electrons. The molecule has 1 fully saturated rings. The first kappa shape index (κ1) is 12.7. The van der Waals surface area contributed by atoms with Gasteiger partial charge in [0.2, 0.25) is 0 Å². The minimum Gasteiger partial charge on any atom is -0.374 e. The third kappa shape index (κ3) is 3.60. The molecule has 1 aliphatic heterocycles. The van der Waals surface area contributed by atoms with E-state index in [1.54, 1.807) is 0 Å². The second-order valence-corrected chi connectivity index (χ2v) is 4.74. The van der Waals surface area contributed by atoms with Crippen LogP contribution in [0.1, 0.15) is 6.42 Å². The fourth-order valence-electron chi connectivity index (χ4n) is 2.09. The fraction of sp³-hybridized carbons (Fsp3) is 0.538. The lowest BCUT2D eigenvalue weighted by Crippen LogP contribution is -2.43. The van der Waals surface area contributed by atoms with Crippen LogP contribution in [0, 0.1) is 0 Å². The molecule has 1 saturated heterocycles. The zero-order valence-electron chi connectivity index (χ0n) is 10.2. The molecule has 3 nitrogen and oxygen atoms in total. The summed E-state index contributed by atoms with van der Waals surface area (Å²) in [6.07, 6.45) is 1.38. The number of hydrogen-bond acceptors (Lipinski definition) is 3. The Morgan fingerprint density at radius 1 is 1.41 bits per heavy atom. The van der Waals surface area contributed by atoms with Crippen molar-refractivity contribution in [1.29, 1.82) is 0 Å². The summed E-state index contributed by atoms with van der Waals surface area (Å²) < 4.78 is 5.75. The van der Waals surface area contributed by atoms with E-state index in [1.165, 1.54) is 5.69 Å². The van der Waals surface area contributed by atoms with Gasteiger partial charge in [-0.15, -0.1) is 0 Å². The molecule has 17 heavy (non-hydrogen) atoms. The maximum absolute atomic E-state index is 5.90. The van der Waals surface area contributed by atoms with Crippen LogP contribution >= 0.6 is 11.6 Å². The van der Waals surface area contributed by atoms with Crippen molar-refractivity contribution >= 4 is 17.3 Å². The Hall–Kier alpha value is -0.770. The van der Waals surface area contributed by atoms with Crippen molar-refractivity contribution in [3.63, 3.8) is 0 Å². The highest BCUT2D eigenvalue weighted by Crippen LogP contribution is 2.20. The molecule has 94 valence electrons. The van der Waals surface area contributed by atoms with Crippen molar-refractivity contribution < 1.29 is 4.74 Å². The molecule has 1 heterocycles. The van der Waals surface area contributed by atoms with E-state index in [2.05, 4.69) is 22.3 Å². The van der Waals surface area contributed by atoms with Crippen LogP contribution < -0.4 is 10.2 Å². The van der Waals surface area contributed by atoms with Gasteiger partial charge in [-0.3, -0.25) is 0 Å². The molecule has 2 rings (SSSR count). The maximum Gasteiger partial charge on any atom is 0.0762 e. The van der Waals surface area contributed by atoms with Crippen LogP contribution in [0.2, 0.25) is 5.02 Å². The predicted octanol–water partition coefficient (Wildman–Crippen LogP) is 2.15. The summed E-state index contributed by atoms with van der Waals surface area (Å²) in [4.78, 5) is 2.36. The summed E-state index contributed by atoms with van der Waals surface area (Å²) in [6, 6.07) is 8.02. The first-order valence-electron chi connectivity index (χ1n) is 6.06. The number of hydrogen-bond donors (Lipinski definition) is 1. The molecule has 0 bridgehead atoms. The Bertz CT molecular complexity index is 342. The number of anilines is 1. The van der Waals surface area contributed by atoms with Crippen LogP contribution in [0.5, 0.6) is 0 Å². The highest BCUT2D eigenvalue weighted by molar-refractivity contribution is 6.30. The van der Waals surface area contributed by atoms with Gasteiger partial charge in [0.15, 0.2) is 0 Å². The van der Waals surface area contributed by atoms with Crippen LogP contribution in [0.3, 0.4) is 0 Å². The third-order valence-corrected chi connectivity index (χ3v) is 3.30. The molecule has 0 aromatic heterocycles. The second kappa shape index (κ2) is 6.24. The van der Waals surface area contributed by atoms with Gasteiger partial charge in [0.1, 0.15) is 0 Å². The van der Waals surface area contributed by atoms with E-state index < -0.39 is 0 Å². The van der Waals surface area contributed by atoms with E-state index in [-0.39, 0.29) is 0 Å². The summed E-state index contributed by atoms with van der Waals surface area (Å²) in [7, 11) is 1.97. The Kier molecular flexibility index (Phi) is 4.66. The van der Waals surface area contributed by atoms with Crippen LogP contribution in [-0.4, -0.2) is 39.4 Å². The zero-order chi connectivity index (χ0) is 12.1. The highest BCUT2D eigenvalue weighted by atomic mass is 35.5. The quantitative estimate of drug-likeness (QED) is 0.891. The number of nitrogens with one attached hydrogen (secondary N) is 1. The van der Waals surface area contributed by atoms with E-state index in [1.807, 2.05) is 19.2 Å². The number of benzene rings is 1. The molecular weight excluding hydrogens is 236 g/mol. The monoisotopic (exact) mass is 254 g/mol. The Morgan fingerprint density at radius 3 is 2.88 bits per heavy atom. The molecule has 4 heteroatoms. The number of rotatable bonds is 4. The number of ether oxygens (including phenoxy) is 1. The van der Waals surface area contributed by atoms with Gasteiger partial charge in [0.25, 0.3) is 0 Å². The Balaban J connectivity index is 1.94. The van der Waals surface area contributed by atoms with E-state index in [9.17, 15) is 0 Å². The molecule has 0 spiro atoms. The van der Waals surface area contributed by atoms with Gasteiger partial charge in [-0.1, -0.05) is 11.6 Å². The van der Waals surface area contributed by atoms with Gasteiger partial charge in [-0.25, -0.2) is 0 Å². The number of nitrogens with zero attached hydrogens (tertiary/aromatic N) is 1. The van der Waals surface area contributed by atoms with Gasteiger partial charge >= 0.3 is 0 Å². The van der Waals surface area contributed by atoms with Gasteiger partial charge in [-0.2, -0.15) is 0 Å². The minimum atomic E-state index is 0.326. The third-order valence-electron chi connectivity index (χ3n) is 3.05. The number of morpholine rings is 1. The summed E-state index contributed by atoms with van der Waals surface area (Å²) in [5.74, 6) is 0. The van der Waals surface area contributed by atoms with Crippen LogP contribution in [0.4, 0.5) is 5.69 Å². The lowest BCUT2D eigenvalue weighted by molar-refractivity contribution is 0.0358. The van der Waals surface area contributed by atoms with Crippen LogP contribution in [0.25, 0.3) is 0 Å². The SMILES string of the molecule is CNCCC1CN(c2ccc(Cl)cc2)CCO1. The fourth-order valence-corrected chi connectivity index (χ4v) is 2.21. The standard InChI is InChI=1S/C13H19ClN2O/c1-15-7-6-13-10-16(8-9-17-13)12-4-2-11(14)3-5-12/h2-5,13,15H,6-10H2,1H3. The van der Waals surface area contributed by atoms with Gasteiger partial charge < -0.3 is 15.0 Å². The van der Waals surface area contributed by atoms with Gasteiger partial charge in [0, 0.05) is 23.8 Å². The molecule has 1 N–H and O–H groups in total. The topological polar surface area (TPSA) is 24.5 Å². The van der Waals surface area contributed by atoms with Crippen molar-refractivity contribution in [3.8, 4) is 0 Å². The van der Waals surface area contributed by atoms with E-state index in [0.717, 1.165) is 37.7 Å². The Morgan fingerprint density at radius 2 is 2.18 bits per heavy atom. The molecule has 0 amide bonds. The smallest absolute Gasteiger partial charge is 0.0762 e. The molecular formula is C13H19ClN2O. The number of halogens is 1. The zero-order valence-corrected chi connectivity index (χ0v) is 10.9. The van der Waals surface area contributed by atoms with Crippen molar-refractivity contribution in [1.82, 2.24) is 5.32 Å². The lowest BCUT2D eigenvalue weighted by Gasteiger charge is -2.34. The normalized spacial score (nSPS) is 20.6.